The Morgan fingerprint density at radius 2 is 1.89 bits per heavy atom. The molecule has 3 rings (SSSR count). The normalized spacial score (nSPS) is 20.1. The number of nitrogens with zero attached hydrogens (tertiary/aromatic N) is 1. The molecule has 1 heterocycles. The molecule has 0 spiro atoms. The maximum atomic E-state index is 15.2. The summed E-state index contributed by atoms with van der Waals surface area (Å²) in [6.07, 6.45) is -0.581. The third kappa shape index (κ3) is 3.64. The third-order valence-corrected chi connectivity index (χ3v) is 5.65. The molecule has 0 bridgehead atoms. The second kappa shape index (κ2) is 6.88. The van der Waals surface area contributed by atoms with Gasteiger partial charge in [-0.1, -0.05) is 12.1 Å². The van der Waals surface area contributed by atoms with E-state index in [1.807, 2.05) is 0 Å². The third-order valence-electron chi connectivity index (χ3n) is 4.50. The second-order valence-corrected chi connectivity index (χ2v) is 8.44. The lowest BCUT2D eigenvalue weighted by atomic mass is 10.0. The van der Waals surface area contributed by atoms with Crippen LogP contribution >= 0.6 is 0 Å². The average Bonchev–Trinajstić information content (AvgIpc) is 2.96. The van der Waals surface area contributed by atoms with Crippen molar-refractivity contribution in [2.75, 3.05) is 17.7 Å². The topological polar surface area (TPSA) is 80.5 Å². The van der Waals surface area contributed by atoms with Crippen LogP contribution < -0.4 is 10.6 Å². The molecule has 2 unspecified atom stereocenters. The fraction of sp³-hybridized carbons (Fsp3) is 0.278. The van der Waals surface area contributed by atoms with Crippen LogP contribution in [0.2, 0.25) is 0 Å². The number of nitrogens with two attached hydrogens (primary N) is 1. The lowest BCUT2D eigenvalue weighted by Gasteiger charge is -2.25. The molecule has 9 heteroatoms. The molecule has 27 heavy (non-hydrogen) atoms. The number of halogens is 3. The molecular weight excluding hydrogens is 381 g/mol. The maximum absolute atomic E-state index is 15.2. The molecule has 1 saturated heterocycles. The van der Waals surface area contributed by atoms with Crippen LogP contribution in [0.15, 0.2) is 41.3 Å². The zero-order valence-corrected chi connectivity index (χ0v) is 15.1. The van der Waals surface area contributed by atoms with Crippen molar-refractivity contribution in [3.8, 4) is 11.1 Å². The molecule has 0 radical (unpaired) electrons. The first-order valence-electron chi connectivity index (χ1n) is 8.08. The zero-order valence-electron chi connectivity index (χ0n) is 14.3. The van der Waals surface area contributed by atoms with Crippen LogP contribution in [0.25, 0.3) is 11.1 Å². The fourth-order valence-corrected chi connectivity index (χ4v) is 4.19. The molecule has 1 aliphatic heterocycles. The van der Waals surface area contributed by atoms with E-state index in [-0.39, 0.29) is 34.7 Å². The maximum Gasteiger partial charge on any atom is 0.240 e. The van der Waals surface area contributed by atoms with Gasteiger partial charge in [0.2, 0.25) is 5.91 Å². The van der Waals surface area contributed by atoms with Crippen molar-refractivity contribution in [3.63, 3.8) is 0 Å². The zero-order chi connectivity index (χ0) is 19.9. The van der Waals surface area contributed by atoms with Gasteiger partial charge in [0, 0.05) is 23.8 Å². The highest BCUT2D eigenvalue weighted by molar-refractivity contribution is 7.90. The molecule has 1 aliphatic rings. The van der Waals surface area contributed by atoms with E-state index in [1.165, 1.54) is 23.1 Å². The van der Waals surface area contributed by atoms with Crippen LogP contribution in [0, 0.1) is 11.6 Å². The van der Waals surface area contributed by atoms with Gasteiger partial charge in [0.05, 0.1) is 17.1 Å². The lowest BCUT2D eigenvalue weighted by Crippen LogP contribution is -2.40. The van der Waals surface area contributed by atoms with Crippen LogP contribution in [-0.2, 0) is 14.6 Å². The number of rotatable bonds is 4. The van der Waals surface area contributed by atoms with Crippen molar-refractivity contribution in [3.05, 3.63) is 48.0 Å². The Balaban J connectivity index is 2.18. The van der Waals surface area contributed by atoms with Crippen molar-refractivity contribution in [2.45, 2.75) is 23.5 Å². The van der Waals surface area contributed by atoms with E-state index in [9.17, 15) is 22.0 Å². The first-order chi connectivity index (χ1) is 12.6. The Bertz CT molecular complexity index is 1010. The van der Waals surface area contributed by atoms with Gasteiger partial charge < -0.3 is 10.6 Å². The number of carbonyl (C=O) groups excluding carboxylic acids is 1. The first kappa shape index (κ1) is 19.2. The number of anilines is 1. The van der Waals surface area contributed by atoms with Gasteiger partial charge in [-0.2, -0.15) is 0 Å². The van der Waals surface area contributed by atoms with E-state index in [0.29, 0.717) is 0 Å². The van der Waals surface area contributed by atoms with Gasteiger partial charge >= 0.3 is 0 Å². The van der Waals surface area contributed by atoms with Crippen LogP contribution in [0.5, 0.6) is 0 Å². The molecular formula is C18H17F3N2O3S. The predicted molar refractivity (Wildman–Crippen MR) is 94.7 cm³/mol. The molecule has 0 aliphatic carbocycles. The van der Waals surface area contributed by atoms with Crippen LogP contribution in [0.3, 0.4) is 0 Å². The Hall–Kier alpha value is -2.55. The summed E-state index contributed by atoms with van der Waals surface area (Å²) < 4.78 is 66.8. The second-order valence-electron chi connectivity index (χ2n) is 6.45. The highest BCUT2D eigenvalue weighted by atomic mass is 32.2. The summed E-state index contributed by atoms with van der Waals surface area (Å²) in [5.41, 5.74) is 4.87. The van der Waals surface area contributed by atoms with Crippen molar-refractivity contribution < 1.29 is 26.4 Å². The monoisotopic (exact) mass is 398 g/mol. The van der Waals surface area contributed by atoms with Crippen LogP contribution in [0.1, 0.15) is 6.42 Å². The Morgan fingerprint density at radius 1 is 1.19 bits per heavy atom. The minimum absolute atomic E-state index is 0.0971. The number of sulfone groups is 1. The van der Waals surface area contributed by atoms with Crippen LogP contribution in [0.4, 0.5) is 18.9 Å². The SMILES string of the molecule is CS(=O)(=O)c1ccc(F)cc1-c1cccc(N2CC(F)CC2C(N)=O)c1F. The summed E-state index contributed by atoms with van der Waals surface area (Å²) >= 11 is 0. The standard InChI is InChI=1S/C18H17F3N2O3S/c1-27(25,26)16-6-5-10(19)7-13(16)12-3-2-4-14(17(12)21)23-9-11(20)8-15(23)18(22)24/h2-7,11,15H,8-9H2,1H3,(H2,22,24). The number of alkyl halides is 1. The highest BCUT2D eigenvalue weighted by Gasteiger charge is 2.37. The van der Waals surface area contributed by atoms with Gasteiger partial charge in [0.25, 0.3) is 0 Å². The van der Waals surface area contributed by atoms with Crippen molar-refractivity contribution in [2.24, 2.45) is 5.73 Å². The summed E-state index contributed by atoms with van der Waals surface area (Å²) in [4.78, 5) is 12.6. The van der Waals surface area contributed by atoms with Crippen molar-refractivity contribution >= 4 is 21.4 Å². The number of amides is 1. The number of primary amides is 1. The molecule has 0 aromatic heterocycles. The summed E-state index contributed by atoms with van der Waals surface area (Å²) in [6.45, 7) is -0.226. The molecule has 2 aromatic rings. The van der Waals surface area contributed by atoms with Crippen LogP contribution in [-0.4, -0.2) is 39.3 Å². The van der Waals surface area contributed by atoms with E-state index in [1.54, 1.807) is 0 Å². The molecule has 0 saturated carbocycles. The molecule has 1 fully saturated rings. The van der Waals surface area contributed by atoms with Crippen molar-refractivity contribution in [1.29, 1.82) is 0 Å². The Morgan fingerprint density at radius 3 is 2.52 bits per heavy atom. The molecule has 2 N–H and O–H groups in total. The number of hydrogen-bond acceptors (Lipinski definition) is 4. The molecule has 2 aromatic carbocycles. The van der Waals surface area contributed by atoms with E-state index in [0.717, 1.165) is 24.5 Å². The Kier molecular flexibility index (Phi) is 4.90. The van der Waals surface area contributed by atoms with Gasteiger partial charge in [-0.15, -0.1) is 0 Å². The minimum Gasteiger partial charge on any atom is -0.368 e. The van der Waals surface area contributed by atoms with E-state index < -0.39 is 39.6 Å². The molecule has 2 atom stereocenters. The first-order valence-corrected chi connectivity index (χ1v) is 9.97. The smallest absolute Gasteiger partial charge is 0.240 e. The van der Waals surface area contributed by atoms with Gasteiger partial charge in [0.15, 0.2) is 15.7 Å². The molecule has 5 nitrogen and oxygen atoms in total. The summed E-state index contributed by atoms with van der Waals surface area (Å²) in [6, 6.07) is 5.99. The average molecular weight is 398 g/mol. The van der Waals surface area contributed by atoms with Gasteiger partial charge in [-0.25, -0.2) is 21.6 Å². The quantitative estimate of drug-likeness (QED) is 0.803. The summed E-state index contributed by atoms with van der Waals surface area (Å²) in [7, 11) is -3.76. The number of hydrogen-bond donors (Lipinski definition) is 1. The lowest BCUT2D eigenvalue weighted by molar-refractivity contribution is -0.119. The summed E-state index contributed by atoms with van der Waals surface area (Å²) in [5.74, 6) is -2.40. The highest BCUT2D eigenvalue weighted by Crippen LogP contribution is 2.37. The Labute approximate surface area is 154 Å². The van der Waals surface area contributed by atoms with Gasteiger partial charge in [0.1, 0.15) is 18.0 Å². The van der Waals surface area contributed by atoms with Gasteiger partial charge in [-0.3, -0.25) is 4.79 Å². The van der Waals surface area contributed by atoms with E-state index >= 15 is 4.39 Å². The van der Waals surface area contributed by atoms with E-state index in [2.05, 4.69) is 0 Å². The number of carbonyl (C=O) groups is 1. The van der Waals surface area contributed by atoms with Gasteiger partial charge in [-0.05, 0) is 24.3 Å². The number of benzene rings is 2. The van der Waals surface area contributed by atoms with E-state index in [4.69, 9.17) is 5.73 Å². The molecule has 144 valence electrons. The summed E-state index contributed by atoms with van der Waals surface area (Å²) in [5, 5.41) is 0. The largest absolute Gasteiger partial charge is 0.368 e. The van der Waals surface area contributed by atoms with Crippen molar-refractivity contribution in [1.82, 2.24) is 0 Å². The fourth-order valence-electron chi connectivity index (χ4n) is 3.31. The predicted octanol–water partition coefficient (Wildman–Crippen LogP) is 2.44. The molecule has 1 amide bonds. The minimum atomic E-state index is -3.76.